The number of ether oxygens (including phenoxy) is 2. The highest BCUT2D eigenvalue weighted by Crippen LogP contribution is 2.34. The Bertz CT molecular complexity index is 1490. The van der Waals surface area contributed by atoms with Crippen molar-refractivity contribution >= 4 is 17.3 Å². The Kier molecular flexibility index (Phi) is 5.38. The van der Waals surface area contributed by atoms with E-state index in [1.54, 1.807) is 44.7 Å². The van der Waals surface area contributed by atoms with Crippen LogP contribution in [0.3, 0.4) is 0 Å². The summed E-state index contributed by atoms with van der Waals surface area (Å²) in [5.41, 5.74) is 2.05. The van der Waals surface area contributed by atoms with Gasteiger partial charge < -0.3 is 18.3 Å². The molecule has 4 aromatic heterocycles. The average Bonchev–Trinajstić information content (AvgIpc) is 3.58. The molecule has 0 aliphatic rings. The smallest absolute Gasteiger partial charge is 0.290 e. The summed E-state index contributed by atoms with van der Waals surface area (Å²) in [5.74, 6) is 3.42. The van der Waals surface area contributed by atoms with Gasteiger partial charge in [-0.2, -0.15) is 5.10 Å². The molecule has 0 radical (unpaired) electrons. The number of aryl methyl sites for hydroxylation is 1. The zero-order chi connectivity index (χ0) is 22.9. The number of nitrogens with one attached hydrogen (secondary N) is 1. The van der Waals surface area contributed by atoms with Crippen LogP contribution in [0.2, 0.25) is 0 Å². The SMILES string of the molecule is COc1ccc(-c2nc(CSc3n[nH]c(=O)c4cc(-c5ccco5)nn34)c(C)o2)c(OC)c1. The Morgan fingerprint density at radius 1 is 1.18 bits per heavy atom. The van der Waals surface area contributed by atoms with E-state index in [9.17, 15) is 4.79 Å². The van der Waals surface area contributed by atoms with Crippen LogP contribution in [0.5, 0.6) is 11.5 Å². The van der Waals surface area contributed by atoms with Crippen LogP contribution in [0.15, 0.2) is 61.4 Å². The van der Waals surface area contributed by atoms with E-state index >= 15 is 0 Å². The summed E-state index contributed by atoms with van der Waals surface area (Å²) in [5, 5.41) is 11.7. The van der Waals surface area contributed by atoms with E-state index in [1.165, 1.54) is 16.3 Å². The van der Waals surface area contributed by atoms with Gasteiger partial charge in [-0.3, -0.25) is 4.79 Å². The number of hydrogen-bond donors (Lipinski definition) is 1. The highest BCUT2D eigenvalue weighted by atomic mass is 32.2. The van der Waals surface area contributed by atoms with Crippen molar-refractivity contribution in [2.24, 2.45) is 0 Å². The predicted octanol–water partition coefficient (Wildman–Crippen LogP) is 3.95. The lowest BCUT2D eigenvalue weighted by Crippen LogP contribution is -2.13. The summed E-state index contributed by atoms with van der Waals surface area (Å²) in [7, 11) is 3.18. The third kappa shape index (κ3) is 3.87. The molecule has 0 amide bonds. The Morgan fingerprint density at radius 3 is 2.82 bits per heavy atom. The molecule has 0 unspecified atom stereocenters. The monoisotopic (exact) mass is 465 g/mol. The summed E-state index contributed by atoms with van der Waals surface area (Å²) in [6.07, 6.45) is 1.56. The van der Waals surface area contributed by atoms with Crippen LogP contribution < -0.4 is 15.0 Å². The van der Waals surface area contributed by atoms with E-state index in [2.05, 4.69) is 20.3 Å². The van der Waals surface area contributed by atoms with Crippen LogP contribution in [0.4, 0.5) is 0 Å². The minimum Gasteiger partial charge on any atom is -0.497 e. The van der Waals surface area contributed by atoms with Gasteiger partial charge >= 0.3 is 0 Å². The number of benzene rings is 1. The third-order valence-corrected chi connectivity index (χ3v) is 5.96. The molecular weight excluding hydrogens is 446 g/mol. The van der Waals surface area contributed by atoms with Gasteiger partial charge in [-0.1, -0.05) is 11.8 Å². The first-order valence-corrected chi connectivity index (χ1v) is 10.9. The molecule has 5 aromatic rings. The normalized spacial score (nSPS) is 11.2. The predicted molar refractivity (Wildman–Crippen MR) is 121 cm³/mol. The van der Waals surface area contributed by atoms with Gasteiger partial charge in [0.1, 0.15) is 28.5 Å². The van der Waals surface area contributed by atoms with E-state index in [4.69, 9.17) is 18.3 Å². The van der Waals surface area contributed by atoms with Crippen LogP contribution in [0.1, 0.15) is 11.5 Å². The molecule has 33 heavy (non-hydrogen) atoms. The lowest BCUT2D eigenvalue weighted by atomic mass is 10.2. The molecule has 0 bridgehead atoms. The maximum Gasteiger partial charge on any atom is 0.290 e. The number of aromatic amines is 1. The number of methoxy groups -OCH3 is 2. The summed E-state index contributed by atoms with van der Waals surface area (Å²) in [6.45, 7) is 1.85. The molecule has 10 nitrogen and oxygen atoms in total. The van der Waals surface area contributed by atoms with E-state index < -0.39 is 0 Å². The average molecular weight is 465 g/mol. The quantitative estimate of drug-likeness (QED) is 0.356. The van der Waals surface area contributed by atoms with Gasteiger partial charge in [0.15, 0.2) is 5.76 Å². The second kappa shape index (κ2) is 8.51. The van der Waals surface area contributed by atoms with Crippen LogP contribution >= 0.6 is 11.8 Å². The van der Waals surface area contributed by atoms with Crippen molar-refractivity contribution in [3.05, 3.63) is 64.5 Å². The van der Waals surface area contributed by atoms with Crippen molar-refractivity contribution < 1.29 is 18.3 Å². The number of oxazole rings is 1. The van der Waals surface area contributed by atoms with Gasteiger partial charge in [-0.25, -0.2) is 14.6 Å². The van der Waals surface area contributed by atoms with Gasteiger partial charge in [0, 0.05) is 17.9 Å². The van der Waals surface area contributed by atoms with Crippen LogP contribution in [-0.4, -0.2) is 39.0 Å². The standard InChI is InChI=1S/C22H19N5O5S/c1-12-16(23-21(32-12)14-7-6-13(29-2)9-19(14)30-3)11-33-22-25-24-20(28)17-10-15(26-27(17)22)18-5-4-8-31-18/h4-10H,11H2,1-3H3,(H,24,28). The number of H-pyrrole nitrogens is 1. The van der Waals surface area contributed by atoms with Crippen molar-refractivity contribution in [2.75, 3.05) is 14.2 Å². The number of fused-ring (bicyclic) bond motifs is 1. The summed E-state index contributed by atoms with van der Waals surface area (Å²) < 4.78 is 23.5. The van der Waals surface area contributed by atoms with Crippen molar-refractivity contribution in [3.8, 4) is 34.4 Å². The molecule has 168 valence electrons. The topological polar surface area (TPSA) is 121 Å². The molecule has 0 fully saturated rings. The van der Waals surface area contributed by atoms with Crippen molar-refractivity contribution in [2.45, 2.75) is 17.8 Å². The molecule has 1 aromatic carbocycles. The largest absolute Gasteiger partial charge is 0.497 e. The summed E-state index contributed by atoms with van der Waals surface area (Å²) >= 11 is 1.38. The summed E-state index contributed by atoms with van der Waals surface area (Å²) in [4.78, 5) is 16.9. The number of furan rings is 1. The Hall–Kier alpha value is -3.99. The second-order valence-corrected chi connectivity index (χ2v) is 7.96. The van der Waals surface area contributed by atoms with Crippen LogP contribution in [0, 0.1) is 6.92 Å². The number of thioether (sulfide) groups is 1. The molecule has 0 aliphatic carbocycles. The lowest BCUT2D eigenvalue weighted by Gasteiger charge is -2.07. The van der Waals surface area contributed by atoms with Gasteiger partial charge in [-0.05, 0) is 31.2 Å². The number of rotatable bonds is 7. The number of hydrogen-bond acceptors (Lipinski definition) is 9. The summed E-state index contributed by atoms with van der Waals surface area (Å²) in [6, 6.07) is 10.6. The third-order valence-electron chi connectivity index (χ3n) is 5.02. The molecule has 11 heteroatoms. The Morgan fingerprint density at radius 2 is 2.06 bits per heavy atom. The maximum absolute atomic E-state index is 12.2. The molecule has 5 rings (SSSR count). The molecule has 0 spiro atoms. The fourth-order valence-electron chi connectivity index (χ4n) is 3.32. The Labute approximate surface area is 191 Å². The minimum atomic E-state index is -0.337. The van der Waals surface area contributed by atoms with Crippen LogP contribution in [-0.2, 0) is 5.75 Å². The minimum absolute atomic E-state index is 0.337. The van der Waals surface area contributed by atoms with Gasteiger partial charge in [0.2, 0.25) is 11.0 Å². The van der Waals surface area contributed by atoms with Gasteiger partial charge in [-0.15, -0.1) is 5.10 Å². The van der Waals surface area contributed by atoms with Crippen molar-refractivity contribution in [1.29, 1.82) is 0 Å². The van der Waals surface area contributed by atoms with Crippen LogP contribution in [0.25, 0.3) is 28.4 Å². The molecule has 0 aliphatic heterocycles. The van der Waals surface area contributed by atoms with Gasteiger partial charge in [0.25, 0.3) is 5.56 Å². The number of aromatic nitrogens is 5. The first-order chi connectivity index (χ1) is 16.1. The van der Waals surface area contributed by atoms with E-state index in [0.717, 1.165) is 11.3 Å². The Balaban J connectivity index is 1.43. The molecule has 1 N–H and O–H groups in total. The van der Waals surface area contributed by atoms with E-state index in [1.807, 2.05) is 19.1 Å². The van der Waals surface area contributed by atoms with Crippen molar-refractivity contribution in [1.82, 2.24) is 24.8 Å². The van der Waals surface area contributed by atoms with Crippen molar-refractivity contribution in [3.63, 3.8) is 0 Å². The maximum atomic E-state index is 12.2. The first kappa shape index (κ1) is 20.9. The second-order valence-electron chi connectivity index (χ2n) is 7.02. The molecule has 0 saturated heterocycles. The van der Waals surface area contributed by atoms with E-state index in [-0.39, 0.29) is 5.56 Å². The molecule has 4 heterocycles. The highest BCUT2D eigenvalue weighted by molar-refractivity contribution is 7.98. The fourth-order valence-corrected chi connectivity index (χ4v) is 4.22. The molecular formula is C22H19N5O5S. The fraction of sp³-hybridized carbons (Fsp3) is 0.182. The molecule has 0 atom stereocenters. The zero-order valence-electron chi connectivity index (χ0n) is 18.0. The highest BCUT2D eigenvalue weighted by Gasteiger charge is 2.18. The lowest BCUT2D eigenvalue weighted by molar-refractivity contribution is 0.394. The number of nitrogens with zero attached hydrogens (tertiary/aromatic N) is 4. The van der Waals surface area contributed by atoms with E-state index in [0.29, 0.717) is 51.0 Å². The first-order valence-electron chi connectivity index (χ1n) is 9.91. The zero-order valence-corrected chi connectivity index (χ0v) is 18.8. The van der Waals surface area contributed by atoms with Gasteiger partial charge in [0.05, 0.1) is 31.7 Å². The molecule has 0 saturated carbocycles.